The third-order valence-electron chi connectivity index (χ3n) is 3.02. The fourth-order valence-electron chi connectivity index (χ4n) is 2.01. The number of hydrogen-bond donors (Lipinski definition) is 2. The van der Waals surface area contributed by atoms with Gasteiger partial charge in [-0.3, -0.25) is 4.79 Å². The van der Waals surface area contributed by atoms with E-state index in [1.807, 2.05) is 0 Å². The smallest absolute Gasteiger partial charge is 0.253 e. The summed E-state index contributed by atoms with van der Waals surface area (Å²) in [6.45, 7) is 1.22. The van der Waals surface area contributed by atoms with Gasteiger partial charge in [0.25, 0.3) is 5.91 Å². The molecule has 1 saturated heterocycles. The zero-order chi connectivity index (χ0) is 13.0. The molecule has 1 amide bonds. The second-order valence-corrected chi connectivity index (χ2v) is 4.43. The lowest BCUT2D eigenvalue weighted by molar-refractivity contribution is 0.0169. The Morgan fingerprint density at radius 2 is 2.33 bits per heavy atom. The van der Waals surface area contributed by atoms with E-state index in [4.69, 9.17) is 10.5 Å². The molecule has 0 radical (unpaired) electrons. The summed E-state index contributed by atoms with van der Waals surface area (Å²) >= 11 is 0. The van der Waals surface area contributed by atoms with E-state index < -0.39 is 5.82 Å². The highest BCUT2D eigenvalue weighted by molar-refractivity contribution is 5.99. The van der Waals surface area contributed by atoms with E-state index in [1.54, 1.807) is 0 Å². The number of rotatable bonds is 3. The largest absolute Gasteiger partial charge is 0.398 e. The number of ether oxygens (including phenoxy) is 1. The summed E-state index contributed by atoms with van der Waals surface area (Å²) in [5, 5.41) is 2.76. The van der Waals surface area contributed by atoms with Crippen LogP contribution >= 0.6 is 0 Å². The molecule has 1 aromatic rings. The minimum atomic E-state index is -0.445. The molecule has 2 rings (SSSR count). The number of amides is 1. The van der Waals surface area contributed by atoms with Crippen molar-refractivity contribution in [1.29, 1.82) is 0 Å². The van der Waals surface area contributed by atoms with E-state index in [-0.39, 0.29) is 17.7 Å². The van der Waals surface area contributed by atoms with Crippen molar-refractivity contribution in [3.05, 3.63) is 29.6 Å². The number of nitrogen functional groups attached to an aromatic ring is 1. The molecular formula is C13H17FN2O2. The number of hydrogen-bond acceptors (Lipinski definition) is 3. The zero-order valence-corrected chi connectivity index (χ0v) is 10.1. The number of carbonyl (C=O) groups excluding carboxylic acids is 1. The standard InChI is InChI=1S/C13H17FN2O2/c14-9-4-5-11(12(15)7-9)13(17)16-8-10-3-1-2-6-18-10/h4-5,7,10H,1-3,6,8,15H2,(H,16,17). The van der Waals surface area contributed by atoms with Gasteiger partial charge in [-0.15, -0.1) is 0 Å². The Hall–Kier alpha value is -1.62. The van der Waals surface area contributed by atoms with Crippen LogP contribution in [-0.4, -0.2) is 25.2 Å². The minimum absolute atomic E-state index is 0.0735. The van der Waals surface area contributed by atoms with Crippen molar-refractivity contribution in [2.45, 2.75) is 25.4 Å². The average molecular weight is 252 g/mol. The highest BCUT2D eigenvalue weighted by atomic mass is 19.1. The lowest BCUT2D eigenvalue weighted by atomic mass is 10.1. The first-order chi connectivity index (χ1) is 8.66. The van der Waals surface area contributed by atoms with Gasteiger partial charge in [0.2, 0.25) is 0 Å². The van der Waals surface area contributed by atoms with Crippen LogP contribution in [0.4, 0.5) is 10.1 Å². The van der Waals surface area contributed by atoms with Gasteiger partial charge in [-0.25, -0.2) is 4.39 Å². The fourth-order valence-corrected chi connectivity index (χ4v) is 2.01. The number of halogens is 1. The summed E-state index contributed by atoms with van der Waals surface area (Å²) < 4.78 is 18.4. The van der Waals surface area contributed by atoms with Gasteiger partial charge in [-0.1, -0.05) is 0 Å². The third-order valence-corrected chi connectivity index (χ3v) is 3.02. The molecule has 1 heterocycles. The highest BCUT2D eigenvalue weighted by Gasteiger charge is 2.16. The Kier molecular flexibility index (Phi) is 4.15. The van der Waals surface area contributed by atoms with Gasteiger partial charge in [-0.05, 0) is 37.5 Å². The van der Waals surface area contributed by atoms with Crippen molar-refractivity contribution in [3.63, 3.8) is 0 Å². The highest BCUT2D eigenvalue weighted by Crippen LogP contribution is 2.14. The van der Waals surface area contributed by atoms with Gasteiger partial charge in [0, 0.05) is 18.8 Å². The first-order valence-corrected chi connectivity index (χ1v) is 6.11. The summed E-state index contributed by atoms with van der Waals surface area (Å²) in [6.07, 6.45) is 3.23. The molecule has 3 N–H and O–H groups in total. The summed E-state index contributed by atoms with van der Waals surface area (Å²) in [6, 6.07) is 3.76. The Morgan fingerprint density at radius 1 is 1.50 bits per heavy atom. The van der Waals surface area contributed by atoms with E-state index in [1.165, 1.54) is 12.1 Å². The van der Waals surface area contributed by atoms with Crippen molar-refractivity contribution >= 4 is 11.6 Å². The molecule has 0 aromatic heterocycles. The van der Waals surface area contributed by atoms with E-state index in [0.717, 1.165) is 31.9 Å². The Bertz CT molecular complexity index is 431. The first-order valence-electron chi connectivity index (χ1n) is 6.11. The van der Waals surface area contributed by atoms with Crippen LogP contribution in [-0.2, 0) is 4.74 Å². The predicted molar refractivity (Wildman–Crippen MR) is 66.7 cm³/mol. The molecule has 1 aliphatic rings. The third kappa shape index (κ3) is 3.20. The van der Waals surface area contributed by atoms with Crippen molar-refractivity contribution in [2.75, 3.05) is 18.9 Å². The molecule has 18 heavy (non-hydrogen) atoms. The SMILES string of the molecule is Nc1cc(F)ccc1C(=O)NCC1CCCCO1. The molecule has 98 valence electrons. The van der Waals surface area contributed by atoms with Gasteiger partial charge in [0.05, 0.1) is 11.7 Å². The number of benzene rings is 1. The van der Waals surface area contributed by atoms with Crippen LogP contribution in [0.1, 0.15) is 29.6 Å². The molecule has 1 aliphatic heterocycles. The topological polar surface area (TPSA) is 64.4 Å². The molecule has 0 bridgehead atoms. The van der Waals surface area contributed by atoms with Crippen LogP contribution in [0.3, 0.4) is 0 Å². The zero-order valence-electron chi connectivity index (χ0n) is 10.1. The van der Waals surface area contributed by atoms with Crippen LogP contribution in [0, 0.1) is 5.82 Å². The first kappa shape index (κ1) is 12.8. The number of anilines is 1. The summed E-state index contributed by atoms with van der Waals surface area (Å²) in [5.41, 5.74) is 6.05. The van der Waals surface area contributed by atoms with Crippen LogP contribution in [0.25, 0.3) is 0 Å². The Labute approximate surface area is 105 Å². The molecule has 0 saturated carbocycles. The van der Waals surface area contributed by atoms with Crippen molar-refractivity contribution in [2.24, 2.45) is 0 Å². The Morgan fingerprint density at radius 3 is 3.00 bits per heavy atom. The van der Waals surface area contributed by atoms with Crippen molar-refractivity contribution < 1.29 is 13.9 Å². The Balaban J connectivity index is 1.90. The number of nitrogens with two attached hydrogens (primary N) is 1. The molecule has 1 unspecified atom stereocenters. The lowest BCUT2D eigenvalue weighted by Crippen LogP contribution is -2.35. The monoisotopic (exact) mass is 252 g/mol. The maximum Gasteiger partial charge on any atom is 0.253 e. The summed E-state index contributed by atoms with van der Waals surface area (Å²) in [7, 11) is 0. The maximum absolute atomic E-state index is 12.9. The van der Waals surface area contributed by atoms with Gasteiger partial charge in [0.1, 0.15) is 5.82 Å². The molecule has 0 spiro atoms. The molecule has 4 nitrogen and oxygen atoms in total. The number of carbonyl (C=O) groups is 1. The van der Waals surface area contributed by atoms with E-state index in [2.05, 4.69) is 5.32 Å². The van der Waals surface area contributed by atoms with E-state index in [0.29, 0.717) is 12.1 Å². The molecule has 1 fully saturated rings. The lowest BCUT2D eigenvalue weighted by Gasteiger charge is -2.22. The van der Waals surface area contributed by atoms with E-state index in [9.17, 15) is 9.18 Å². The molecular weight excluding hydrogens is 235 g/mol. The van der Waals surface area contributed by atoms with Crippen molar-refractivity contribution in [3.8, 4) is 0 Å². The molecule has 1 aromatic carbocycles. The van der Waals surface area contributed by atoms with Gasteiger partial charge < -0.3 is 15.8 Å². The number of nitrogens with one attached hydrogen (secondary N) is 1. The second-order valence-electron chi connectivity index (χ2n) is 4.43. The summed E-state index contributed by atoms with van der Waals surface area (Å²) in [5.74, 6) is -0.735. The van der Waals surface area contributed by atoms with Crippen LogP contribution in [0.2, 0.25) is 0 Å². The normalized spacial score (nSPS) is 19.5. The van der Waals surface area contributed by atoms with Gasteiger partial charge in [0.15, 0.2) is 0 Å². The molecule has 5 heteroatoms. The van der Waals surface area contributed by atoms with Gasteiger partial charge >= 0.3 is 0 Å². The predicted octanol–water partition coefficient (Wildman–Crippen LogP) is 1.71. The van der Waals surface area contributed by atoms with Crippen LogP contribution in [0.15, 0.2) is 18.2 Å². The quantitative estimate of drug-likeness (QED) is 0.805. The molecule has 1 atom stereocenters. The van der Waals surface area contributed by atoms with Crippen molar-refractivity contribution in [1.82, 2.24) is 5.32 Å². The van der Waals surface area contributed by atoms with E-state index >= 15 is 0 Å². The average Bonchev–Trinajstić information content (AvgIpc) is 2.37. The van der Waals surface area contributed by atoms with Crippen LogP contribution in [0.5, 0.6) is 0 Å². The summed E-state index contributed by atoms with van der Waals surface area (Å²) in [4.78, 5) is 11.9. The fraction of sp³-hybridized carbons (Fsp3) is 0.462. The second kappa shape index (κ2) is 5.82. The minimum Gasteiger partial charge on any atom is -0.398 e. The van der Waals surface area contributed by atoms with Gasteiger partial charge in [-0.2, -0.15) is 0 Å². The maximum atomic E-state index is 12.9. The van der Waals surface area contributed by atoms with Crippen LogP contribution < -0.4 is 11.1 Å². The molecule has 0 aliphatic carbocycles.